The van der Waals surface area contributed by atoms with Crippen LogP contribution in [0, 0.1) is 6.92 Å². The number of nitrogens with zero attached hydrogens (tertiary/aromatic N) is 1. The summed E-state index contributed by atoms with van der Waals surface area (Å²) < 4.78 is 12.1. The summed E-state index contributed by atoms with van der Waals surface area (Å²) in [5.74, 6) is 0.145. The number of esters is 1. The number of methoxy groups -OCH3 is 2. The molecule has 1 aromatic heterocycles. The number of ether oxygens (including phenoxy) is 2. The molecule has 1 aliphatic carbocycles. The van der Waals surface area contributed by atoms with Crippen molar-refractivity contribution in [3.63, 3.8) is 0 Å². The number of rotatable bonds is 3. The number of fused-ring (bicyclic) bond motifs is 1. The molecule has 0 bridgehead atoms. The van der Waals surface area contributed by atoms with Crippen LogP contribution in [0.25, 0.3) is 10.9 Å². The number of aromatic nitrogens is 1. The van der Waals surface area contributed by atoms with Crippen molar-refractivity contribution in [3.8, 4) is 5.75 Å². The van der Waals surface area contributed by atoms with Gasteiger partial charge in [0, 0.05) is 23.2 Å². The standard InChI is InChI=1S/C16H17NO4/c1-9-13(20-2)7-6-11-14(9)17(10-4-5-10)8-12(15(11)18)16(19)21-3/h6-8,10H,4-5H2,1-3H3. The molecule has 5 heteroatoms. The van der Waals surface area contributed by atoms with Crippen LogP contribution in [-0.2, 0) is 4.74 Å². The van der Waals surface area contributed by atoms with Crippen LogP contribution in [0.4, 0.5) is 0 Å². The Balaban J connectivity index is 2.40. The van der Waals surface area contributed by atoms with Crippen LogP contribution in [-0.4, -0.2) is 24.8 Å². The molecule has 0 radical (unpaired) electrons. The first-order chi connectivity index (χ1) is 10.1. The number of pyridine rings is 1. The van der Waals surface area contributed by atoms with Crippen LogP contribution in [0.2, 0.25) is 0 Å². The SMILES string of the molecule is COC(=O)c1cn(C2CC2)c2c(C)c(OC)ccc2c1=O. The van der Waals surface area contributed by atoms with Gasteiger partial charge in [-0.3, -0.25) is 4.79 Å². The van der Waals surface area contributed by atoms with Gasteiger partial charge in [-0.2, -0.15) is 0 Å². The van der Waals surface area contributed by atoms with Gasteiger partial charge in [-0.25, -0.2) is 4.79 Å². The van der Waals surface area contributed by atoms with E-state index in [1.807, 2.05) is 11.5 Å². The lowest BCUT2D eigenvalue weighted by Crippen LogP contribution is -2.20. The normalized spacial score (nSPS) is 14.2. The maximum Gasteiger partial charge on any atom is 0.343 e. The van der Waals surface area contributed by atoms with Crippen LogP contribution in [0.3, 0.4) is 0 Å². The van der Waals surface area contributed by atoms with E-state index in [9.17, 15) is 9.59 Å². The van der Waals surface area contributed by atoms with E-state index >= 15 is 0 Å². The van der Waals surface area contributed by atoms with Crippen molar-refractivity contribution in [1.82, 2.24) is 4.57 Å². The molecule has 0 amide bonds. The maximum absolute atomic E-state index is 12.5. The van der Waals surface area contributed by atoms with Crippen molar-refractivity contribution in [3.05, 3.63) is 39.7 Å². The van der Waals surface area contributed by atoms with Gasteiger partial charge in [0.25, 0.3) is 0 Å². The summed E-state index contributed by atoms with van der Waals surface area (Å²) in [6, 6.07) is 3.81. The molecular weight excluding hydrogens is 270 g/mol. The molecule has 0 unspecified atom stereocenters. The second-order valence-corrected chi connectivity index (χ2v) is 5.29. The maximum atomic E-state index is 12.5. The van der Waals surface area contributed by atoms with E-state index in [0.29, 0.717) is 11.4 Å². The predicted molar refractivity (Wildman–Crippen MR) is 79.1 cm³/mol. The molecule has 1 saturated carbocycles. The number of carbonyl (C=O) groups is 1. The van der Waals surface area contributed by atoms with Gasteiger partial charge in [0.1, 0.15) is 11.3 Å². The van der Waals surface area contributed by atoms with Gasteiger partial charge in [-0.1, -0.05) is 0 Å². The quantitative estimate of drug-likeness (QED) is 0.814. The second-order valence-electron chi connectivity index (χ2n) is 5.29. The average molecular weight is 287 g/mol. The minimum atomic E-state index is -0.593. The largest absolute Gasteiger partial charge is 0.496 e. The Morgan fingerprint density at radius 1 is 1.29 bits per heavy atom. The van der Waals surface area contributed by atoms with Gasteiger partial charge in [0.15, 0.2) is 0 Å². The van der Waals surface area contributed by atoms with E-state index in [0.717, 1.165) is 29.7 Å². The summed E-state index contributed by atoms with van der Waals surface area (Å²) in [5, 5.41) is 0.531. The highest BCUT2D eigenvalue weighted by molar-refractivity contribution is 5.95. The minimum absolute atomic E-state index is 0.0847. The van der Waals surface area contributed by atoms with Crippen molar-refractivity contribution in [2.24, 2.45) is 0 Å². The van der Waals surface area contributed by atoms with E-state index in [2.05, 4.69) is 0 Å². The topological polar surface area (TPSA) is 57.5 Å². The van der Waals surface area contributed by atoms with Gasteiger partial charge < -0.3 is 14.0 Å². The zero-order valence-corrected chi connectivity index (χ0v) is 12.3. The first-order valence-corrected chi connectivity index (χ1v) is 6.89. The highest BCUT2D eigenvalue weighted by atomic mass is 16.5. The molecule has 0 N–H and O–H groups in total. The van der Waals surface area contributed by atoms with Crippen LogP contribution in [0.5, 0.6) is 5.75 Å². The third kappa shape index (κ3) is 2.09. The second kappa shape index (κ2) is 4.91. The number of hydrogen-bond donors (Lipinski definition) is 0. The number of aryl methyl sites for hydroxylation is 1. The Morgan fingerprint density at radius 2 is 2.00 bits per heavy atom. The summed E-state index contributed by atoms with van der Waals surface area (Å²) in [6.07, 6.45) is 3.73. The highest BCUT2D eigenvalue weighted by Gasteiger charge is 2.28. The lowest BCUT2D eigenvalue weighted by atomic mass is 10.1. The molecule has 1 heterocycles. The molecule has 1 aliphatic rings. The molecule has 110 valence electrons. The number of benzene rings is 1. The van der Waals surface area contributed by atoms with E-state index in [1.165, 1.54) is 7.11 Å². The number of hydrogen-bond acceptors (Lipinski definition) is 4. The van der Waals surface area contributed by atoms with Crippen molar-refractivity contribution in [1.29, 1.82) is 0 Å². The average Bonchev–Trinajstić information content (AvgIpc) is 3.32. The minimum Gasteiger partial charge on any atom is -0.496 e. The third-order valence-electron chi connectivity index (χ3n) is 3.96. The molecule has 2 aromatic rings. The molecule has 0 aliphatic heterocycles. The molecule has 0 saturated heterocycles. The van der Waals surface area contributed by atoms with Crippen molar-refractivity contribution < 1.29 is 14.3 Å². The molecule has 21 heavy (non-hydrogen) atoms. The predicted octanol–water partition coefficient (Wildman–Crippen LogP) is 2.44. The first kappa shape index (κ1) is 13.7. The van der Waals surface area contributed by atoms with Crippen molar-refractivity contribution in [2.75, 3.05) is 14.2 Å². The van der Waals surface area contributed by atoms with Gasteiger partial charge in [0.2, 0.25) is 5.43 Å². The molecule has 1 aromatic carbocycles. The Hall–Kier alpha value is -2.30. The Morgan fingerprint density at radius 3 is 2.57 bits per heavy atom. The van der Waals surface area contributed by atoms with Gasteiger partial charge >= 0.3 is 5.97 Å². The van der Waals surface area contributed by atoms with E-state index < -0.39 is 5.97 Å². The first-order valence-electron chi connectivity index (χ1n) is 6.89. The summed E-state index contributed by atoms with van der Waals surface area (Å²) in [6.45, 7) is 1.93. The molecule has 0 atom stereocenters. The Kier molecular flexibility index (Phi) is 3.20. The van der Waals surface area contributed by atoms with Crippen molar-refractivity contribution >= 4 is 16.9 Å². The fourth-order valence-corrected chi connectivity index (χ4v) is 2.72. The van der Waals surface area contributed by atoms with E-state index in [1.54, 1.807) is 25.4 Å². The third-order valence-corrected chi connectivity index (χ3v) is 3.96. The van der Waals surface area contributed by atoms with E-state index in [-0.39, 0.29) is 11.0 Å². The Labute approximate surface area is 122 Å². The molecular formula is C16H17NO4. The highest BCUT2D eigenvalue weighted by Crippen LogP contribution is 2.38. The van der Waals surface area contributed by atoms with Crippen LogP contribution < -0.4 is 10.2 Å². The lowest BCUT2D eigenvalue weighted by Gasteiger charge is -2.16. The Bertz CT molecular complexity index is 787. The zero-order chi connectivity index (χ0) is 15.1. The number of carbonyl (C=O) groups excluding carboxylic acids is 1. The van der Waals surface area contributed by atoms with Crippen LogP contribution in [0.1, 0.15) is 34.8 Å². The molecule has 3 rings (SSSR count). The monoisotopic (exact) mass is 287 g/mol. The molecule has 1 fully saturated rings. The fourth-order valence-electron chi connectivity index (χ4n) is 2.72. The summed E-state index contributed by atoms with van der Waals surface area (Å²) in [4.78, 5) is 24.3. The van der Waals surface area contributed by atoms with Crippen LogP contribution >= 0.6 is 0 Å². The summed E-state index contributed by atoms with van der Waals surface area (Å²) in [7, 11) is 2.89. The molecule has 0 spiro atoms. The van der Waals surface area contributed by atoms with Crippen molar-refractivity contribution in [2.45, 2.75) is 25.8 Å². The smallest absolute Gasteiger partial charge is 0.343 e. The zero-order valence-electron chi connectivity index (χ0n) is 12.3. The fraction of sp³-hybridized carbons (Fsp3) is 0.375. The van der Waals surface area contributed by atoms with E-state index in [4.69, 9.17) is 9.47 Å². The summed E-state index contributed by atoms with van der Waals surface area (Å²) in [5.41, 5.74) is 1.55. The van der Waals surface area contributed by atoms with Crippen LogP contribution in [0.15, 0.2) is 23.1 Å². The van der Waals surface area contributed by atoms with Gasteiger partial charge in [-0.15, -0.1) is 0 Å². The molecule has 5 nitrogen and oxygen atoms in total. The van der Waals surface area contributed by atoms with Gasteiger partial charge in [-0.05, 0) is 31.9 Å². The van der Waals surface area contributed by atoms with Gasteiger partial charge in [0.05, 0.1) is 19.7 Å². The lowest BCUT2D eigenvalue weighted by molar-refractivity contribution is 0.0598. The summed E-state index contributed by atoms with van der Waals surface area (Å²) >= 11 is 0.